The standard InChI is InChI=1S/C29H38N8O2/c1-17-8-10-19(11-9-17)16-37-22-23(31-18(2)20-5-3-6-20)32-25(26-35-28(38)39-36-26)33-24(22)34-27(37)29(12-13-29)21-7-4-14-30-15-21/h4,7,14-15,17-20,26,36H,3,5-6,8-13,16H2,1-2H3,(H,35,38)(H,31,32,33)/t17?,18-,19?,26?/m1/s1. The van der Waals surface area contributed by atoms with E-state index in [-0.39, 0.29) is 11.5 Å². The zero-order valence-electron chi connectivity index (χ0n) is 22.8. The molecule has 4 fully saturated rings. The van der Waals surface area contributed by atoms with Crippen LogP contribution in [-0.2, 0) is 16.8 Å². The molecule has 0 spiro atoms. The number of hydroxylamine groups is 1. The summed E-state index contributed by atoms with van der Waals surface area (Å²) in [5.41, 5.74) is 5.41. The Kier molecular flexibility index (Phi) is 6.17. The predicted octanol–water partition coefficient (Wildman–Crippen LogP) is 4.97. The first-order valence-corrected chi connectivity index (χ1v) is 14.7. The summed E-state index contributed by atoms with van der Waals surface area (Å²) in [5.74, 6) is 4.34. The number of aromatic nitrogens is 5. The van der Waals surface area contributed by atoms with Crippen molar-refractivity contribution in [2.24, 2.45) is 17.8 Å². The lowest BCUT2D eigenvalue weighted by Gasteiger charge is -2.32. The molecule has 3 aromatic rings. The van der Waals surface area contributed by atoms with Crippen LogP contribution in [0.4, 0.5) is 10.6 Å². The van der Waals surface area contributed by atoms with Gasteiger partial charge in [0.1, 0.15) is 11.3 Å². The molecule has 10 nitrogen and oxygen atoms in total. The molecule has 1 unspecified atom stereocenters. The van der Waals surface area contributed by atoms with Gasteiger partial charge < -0.3 is 14.7 Å². The first kappa shape index (κ1) is 24.7. The molecule has 0 radical (unpaired) electrons. The van der Waals surface area contributed by atoms with Gasteiger partial charge in [-0.1, -0.05) is 32.3 Å². The quantitative estimate of drug-likeness (QED) is 0.374. The van der Waals surface area contributed by atoms with Gasteiger partial charge in [-0.3, -0.25) is 10.3 Å². The highest BCUT2D eigenvalue weighted by Crippen LogP contribution is 2.54. The summed E-state index contributed by atoms with van der Waals surface area (Å²) < 4.78 is 2.44. The predicted molar refractivity (Wildman–Crippen MR) is 147 cm³/mol. The lowest BCUT2D eigenvalue weighted by Crippen LogP contribution is -2.32. The fourth-order valence-corrected chi connectivity index (χ4v) is 6.69. The maximum atomic E-state index is 11.8. The normalized spacial score (nSPS) is 27.0. The van der Waals surface area contributed by atoms with E-state index in [1.165, 1.54) is 50.5 Å². The highest BCUT2D eigenvalue weighted by atomic mass is 16.7. The molecule has 4 aliphatic rings. The van der Waals surface area contributed by atoms with Crippen molar-refractivity contribution >= 4 is 23.1 Å². The summed E-state index contributed by atoms with van der Waals surface area (Å²) >= 11 is 0. The van der Waals surface area contributed by atoms with Gasteiger partial charge in [-0.2, -0.15) is 0 Å². The van der Waals surface area contributed by atoms with Gasteiger partial charge >= 0.3 is 6.09 Å². The highest BCUT2D eigenvalue weighted by Gasteiger charge is 2.50. The van der Waals surface area contributed by atoms with Gasteiger partial charge in [-0.25, -0.2) is 19.7 Å². The monoisotopic (exact) mass is 530 g/mol. The van der Waals surface area contributed by atoms with Crippen LogP contribution < -0.4 is 16.1 Å². The van der Waals surface area contributed by atoms with Gasteiger partial charge in [0.2, 0.25) is 0 Å². The minimum absolute atomic E-state index is 0.156. The maximum absolute atomic E-state index is 11.8. The number of hydrogen-bond donors (Lipinski definition) is 3. The van der Waals surface area contributed by atoms with Crippen molar-refractivity contribution in [1.29, 1.82) is 0 Å². The van der Waals surface area contributed by atoms with Gasteiger partial charge in [-0.15, -0.1) is 5.48 Å². The molecule has 1 aliphatic heterocycles. The van der Waals surface area contributed by atoms with Gasteiger partial charge in [-0.05, 0) is 74.8 Å². The largest absolute Gasteiger partial charge is 0.427 e. The van der Waals surface area contributed by atoms with Crippen LogP contribution in [-0.4, -0.2) is 36.6 Å². The van der Waals surface area contributed by atoms with Crippen molar-refractivity contribution < 1.29 is 9.63 Å². The number of nitrogens with one attached hydrogen (secondary N) is 3. The summed E-state index contributed by atoms with van der Waals surface area (Å²) in [4.78, 5) is 36.4. The van der Waals surface area contributed by atoms with Crippen molar-refractivity contribution in [3.63, 3.8) is 0 Å². The topological polar surface area (TPSA) is 119 Å². The number of amides is 1. The average molecular weight is 531 g/mol. The van der Waals surface area contributed by atoms with E-state index in [0.29, 0.717) is 23.3 Å². The molecule has 3 saturated carbocycles. The Morgan fingerprint density at radius 2 is 1.97 bits per heavy atom. The average Bonchev–Trinajstić information content (AvgIpc) is 3.46. The molecule has 1 saturated heterocycles. The van der Waals surface area contributed by atoms with Crippen LogP contribution in [0.5, 0.6) is 0 Å². The van der Waals surface area contributed by atoms with Crippen LogP contribution >= 0.6 is 0 Å². The van der Waals surface area contributed by atoms with Crippen molar-refractivity contribution in [3.05, 3.63) is 41.7 Å². The first-order chi connectivity index (χ1) is 19.0. The lowest BCUT2D eigenvalue weighted by atomic mass is 9.80. The fourth-order valence-electron chi connectivity index (χ4n) is 6.69. The lowest BCUT2D eigenvalue weighted by molar-refractivity contribution is 0.120. The fraction of sp³-hybridized carbons (Fsp3) is 0.621. The summed E-state index contributed by atoms with van der Waals surface area (Å²) in [7, 11) is 0. The third kappa shape index (κ3) is 4.52. The SMILES string of the molecule is CC1CCC(Cn2c(C3(c4cccnc4)CC3)nc3nc(C4NOC(=O)N4)nc(N[C@H](C)C4CCC4)c32)CC1. The Bertz CT molecular complexity index is 1360. The Morgan fingerprint density at radius 1 is 1.15 bits per heavy atom. The Hall–Kier alpha value is -3.27. The molecule has 0 bridgehead atoms. The van der Waals surface area contributed by atoms with Crippen molar-refractivity contribution in [2.75, 3.05) is 5.32 Å². The molecule has 206 valence electrons. The molecule has 10 heteroatoms. The second-order valence-electron chi connectivity index (χ2n) is 12.3. The maximum Gasteiger partial charge on any atom is 0.427 e. The van der Waals surface area contributed by atoms with Gasteiger partial charge in [0.15, 0.2) is 23.5 Å². The number of anilines is 1. The smallest absolute Gasteiger partial charge is 0.365 e. The van der Waals surface area contributed by atoms with E-state index in [9.17, 15) is 4.79 Å². The van der Waals surface area contributed by atoms with E-state index in [1.54, 1.807) is 0 Å². The third-order valence-corrected chi connectivity index (χ3v) is 9.60. The van der Waals surface area contributed by atoms with E-state index >= 15 is 0 Å². The number of nitrogens with zero attached hydrogens (tertiary/aromatic N) is 5. The first-order valence-electron chi connectivity index (χ1n) is 14.7. The summed E-state index contributed by atoms with van der Waals surface area (Å²) in [5, 5.41) is 6.52. The molecule has 7 rings (SSSR count). The molecule has 3 aliphatic carbocycles. The second-order valence-corrected chi connectivity index (χ2v) is 12.3. The number of imidazole rings is 1. The number of carbonyl (C=O) groups is 1. The molecule has 3 aromatic heterocycles. The Balaban J connectivity index is 1.37. The molecule has 2 atom stereocenters. The number of fused-ring (bicyclic) bond motifs is 1. The summed E-state index contributed by atoms with van der Waals surface area (Å²) in [6.07, 6.45) is 13.5. The number of carbonyl (C=O) groups excluding carboxylic acids is 1. The van der Waals surface area contributed by atoms with Crippen molar-refractivity contribution in [1.82, 2.24) is 35.3 Å². The third-order valence-electron chi connectivity index (χ3n) is 9.60. The minimum Gasteiger partial charge on any atom is -0.365 e. The van der Waals surface area contributed by atoms with Gasteiger partial charge in [0, 0.05) is 25.0 Å². The minimum atomic E-state index is -0.622. The molecular formula is C29H38N8O2. The number of pyridine rings is 1. The van der Waals surface area contributed by atoms with E-state index in [1.807, 2.05) is 18.5 Å². The zero-order chi connectivity index (χ0) is 26.6. The van der Waals surface area contributed by atoms with Crippen LogP contribution in [0.3, 0.4) is 0 Å². The molecule has 0 aromatic carbocycles. The number of rotatable bonds is 8. The highest BCUT2D eigenvalue weighted by molar-refractivity contribution is 5.85. The summed E-state index contributed by atoms with van der Waals surface area (Å²) in [6.45, 7) is 5.53. The van der Waals surface area contributed by atoms with Crippen molar-refractivity contribution in [3.8, 4) is 0 Å². The molecule has 1 amide bonds. The summed E-state index contributed by atoms with van der Waals surface area (Å²) in [6, 6.07) is 4.48. The van der Waals surface area contributed by atoms with E-state index in [0.717, 1.165) is 42.5 Å². The molecule has 39 heavy (non-hydrogen) atoms. The van der Waals surface area contributed by atoms with Crippen LogP contribution in [0, 0.1) is 17.8 Å². The zero-order valence-corrected chi connectivity index (χ0v) is 22.8. The van der Waals surface area contributed by atoms with Gasteiger partial charge in [0.25, 0.3) is 0 Å². The molecule has 4 heterocycles. The van der Waals surface area contributed by atoms with Crippen LogP contribution in [0.15, 0.2) is 24.5 Å². The van der Waals surface area contributed by atoms with Crippen molar-refractivity contribution in [2.45, 2.75) is 95.8 Å². The Labute approximate surface area is 228 Å². The van der Waals surface area contributed by atoms with Crippen LogP contribution in [0.1, 0.15) is 95.0 Å². The molecular weight excluding hydrogens is 492 g/mol. The van der Waals surface area contributed by atoms with E-state index in [4.69, 9.17) is 19.8 Å². The van der Waals surface area contributed by atoms with Gasteiger partial charge in [0.05, 0.1) is 5.41 Å². The van der Waals surface area contributed by atoms with E-state index in [2.05, 4.69) is 45.6 Å². The van der Waals surface area contributed by atoms with E-state index < -0.39 is 12.3 Å². The van der Waals surface area contributed by atoms with Crippen LogP contribution in [0.2, 0.25) is 0 Å². The molecule has 3 N–H and O–H groups in total. The Morgan fingerprint density at radius 3 is 2.62 bits per heavy atom. The number of hydrogen-bond acceptors (Lipinski definition) is 8. The second kappa shape index (κ2) is 9.73. The van der Waals surface area contributed by atoms with Crippen LogP contribution in [0.25, 0.3) is 11.2 Å².